The topological polar surface area (TPSA) is 69.0 Å². The number of amides is 1. The van der Waals surface area contributed by atoms with Crippen LogP contribution in [0.1, 0.15) is 29.4 Å². The highest BCUT2D eigenvalue weighted by atomic mass is 35.5. The summed E-state index contributed by atoms with van der Waals surface area (Å²) in [4.78, 5) is 17.7. The minimum Gasteiger partial charge on any atom is -0.381 e. The summed E-state index contributed by atoms with van der Waals surface area (Å²) in [6.45, 7) is 1.47. The van der Waals surface area contributed by atoms with Crippen molar-refractivity contribution in [2.45, 2.75) is 18.9 Å². The lowest BCUT2D eigenvalue weighted by atomic mass is 10.1. The molecule has 1 aromatic carbocycles. The van der Waals surface area contributed by atoms with Gasteiger partial charge in [-0.15, -0.1) is 0 Å². The van der Waals surface area contributed by atoms with Crippen LogP contribution < -0.4 is 5.32 Å². The molecule has 2 aromatic heterocycles. The van der Waals surface area contributed by atoms with Gasteiger partial charge in [-0.1, -0.05) is 35.1 Å². The number of hydrogen-bond donors (Lipinski definition) is 1. The fourth-order valence-electron chi connectivity index (χ4n) is 2.85. The number of carbonyl (C=O) groups excluding carboxylic acids is 1. The van der Waals surface area contributed by atoms with Crippen molar-refractivity contribution in [3.05, 3.63) is 53.4 Å². The standard InChI is InChI=1S/C18H17ClN4O2S/c19-13-3-1-12(2-4-13)16-11-20-18(26-16)21-17(24)15-5-8-23(22-15)14-6-9-25-10-7-14/h1-5,8,11,14H,6-7,9-10H2,(H,20,21,24). The Hall–Kier alpha value is -2.22. The third kappa shape index (κ3) is 3.80. The summed E-state index contributed by atoms with van der Waals surface area (Å²) in [6.07, 6.45) is 5.43. The quantitative estimate of drug-likeness (QED) is 0.724. The zero-order chi connectivity index (χ0) is 17.9. The van der Waals surface area contributed by atoms with E-state index in [-0.39, 0.29) is 5.91 Å². The van der Waals surface area contributed by atoms with Crippen LogP contribution in [0.2, 0.25) is 5.02 Å². The Morgan fingerprint density at radius 3 is 2.77 bits per heavy atom. The Morgan fingerprint density at radius 1 is 1.23 bits per heavy atom. The maximum absolute atomic E-state index is 12.4. The van der Waals surface area contributed by atoms with E-state index in [0.717, 1.165) is 36.5 Å². The van der Waals surface area contributed by atoms with Gasteiger partial charge >= 0.3 is 0 Å². The van der Waals surface area contributed by atoms with Crippen molar-refractivity contribution in [3.8, 4) is 10.4 Å². The second-order valence-electron chi connectivity index (χ2n) is 6.02. The summed E-state index contributed by atoms with van der Waals surface area (Å²) in [5.41, 5.74) is 1.40. The lowest BCUT2D eigenvalue weighted by Crippen LogP contribution is -2.21. The number of halogens is 1. The van der Waals surface area contributed by atoms with Gasteiger partial charge in [-0.3, -0.25) is 14.8 Å². The SMILES string of the molecule is O=C(Nc1ncc(-c2ccc(Cl)cc2)s1)c1ccn(C2CCOCC2)n1. The van der Waals surface area contributed by atoms with Gasteiger partial charge in [0.15, 0.2) is 10.8 Å². The van der Waals surface area contributed by atoms with Gasteiger partial charge in [0.05, 0.1) is 10.9 Å². The number of carbonyl (C=O) groups is 1. The van der Waals surface area contributed by atoms with Gasteiger partial charge in [-0.05, 0) is 36.6 Å². The molecule has 26 heavy (non-hydrogen) atoms. The first-order valence-electron chi connectivity index (χ1n) is 8.35. The number of thiazole rings is 1. The molecule has 0 radical (unpaired) electrons. The molecule has 1 fully saturated rings. The number of benzene rings is 1. The Balaban J connectivity index is 1.43. The maximum Gasteiger partial charge on any atom is 0.277 e. The average molecular weight is 389 g/mol. The predicted molar refractivity (Wildman–Crippen MR) is 102 cm³/mol. The zero-order valence-electron chi connectivity index (χ0n) is 13.9. The number of hydrogen-bond acceptors (Lipinski definition) is 5. The van der Waals surface area contributed by atoms with Crippen molar-refractivity contribution >= 4 is 34.0 Å². The first-order chi connectivity index (χ1) is 12.7. The molecule has 1 saturated heterocycles. The molecule has 134 valence electrons. The van der Waals surface area contributed by atoms with Crippen LogP contribution in [-0.2, 0) is 4.74 Å². The molecular formula is C18H17ClN4O2S. The molecule has 1 amide bonds. The van der Waals surface area contributed by atoms with E-state index in [9.17, 15) is 4.79 Å². The largest absolute Gasteiger partial charge is 0.381 e. The number of nitrogens with zero attached hydrogens (tertiary/aromatic N) is 3. The molecule has 0 aliphatic carbocycles. The number of anilines is 1. The minimum absolute atomic E-state index is 0.257. The average Bonchev–Trinajstić information content (AvgIpc) is 3.33. The summed E-state index contributed by atoms with van der Waals surface area (Å²) in [5.74, 6) is -0.257. The third-order valence-electron chi connectivity index (χ3n) is 4.26. The Morgan fingerprint density at radius 2 is 2.00 bits per heavy atom. The molecule has 1 aliphatic heterocycles. The van der Waals surface area contributed by atoms with Crippen LogP contribution in [0.25, 0.3) is 10.4 Å². The molecule has 4 rings (SSSR count). The van der Waals surface area contributed by atoms with E-state index in [4.69, 9.17) is 16.3 Å². The van der Waals surface area contributed by atoms with Crippen molar-refractivity contribution in [1.82, 2.24) is 14.8 Å². The van der Waals surface area contributed by atoms with Gasteiger partial charge in [-0.2, -0.15) is 5.10 Å². The van der Waals surface area contributed by atoms with Crippen LogP contribution in [0.15, 0.2) is 42.7 Å². The third-order valence-corrected chi connectivity index (χ3v) is 5.47. The van der Waals surface area contributed by atoms with Gasteiger partial charge in [0.2, 0.25) is 0 Å². The molecule has 0 bridgehead atoms. The van der Waals surface area contributed by atoms with Gasteiger partial charge in [0, 0.05) is 30.6 Å². The van der Waals surface area contributed by atoms with E-state index in [1.54, 1.807) is 12.3 Å². The second kappa shape index (κ2) is 7.57. The summed E-state index contributed by atoms with van der Waals surface area (Å²) in [6, 6.07) is 9.55. The zero-order valence-corrected chi connectivity index (χ0v) is 15.5. The van der Waals surface area contributed by atoms with E-state index in [1.807, 2.05) is 35.1 Å². The molecule has 6 nitrogen and oxygen atoms in total. The summed E-state index contributed by atoms with van der Waals surface area (Å²) in [5, 5.41) is 8.46. The highest BCUT2D eigenvalue weighted by Crippen LogP contribution is 2.30. The minimum atomic E-state index is -0.257. The van der Waals surface area contributed by atoms with E-state index >= 15 is 0 Å². The lowest BCUT2D eigenvalue weighted by molar-refractivity contribution is 0.0661. The molecule has 0 atom stereocenters. The first-order valence-corrected chi connectivity index (χ1v) is 9.54. The van der Waals surface area contributed by atoms with E-state index < -0.39 is 0 Å². The van der Waals surface area contributed by atoms with Crippen molar-refractivity contribution in [2.75, 3.05) is 18.5 Å². The Labute approximate surface area is 159 Å². The highest BCUT2D eigenvalue weighted by molar-refractivity contribution is 7.19. The van der Waals surface area contributed by atoms with Crippen LogP contribution in [-0.4, -0.2) is 33.9 Å². The van der Waals surface area contributed by atoms with Crippen LogP contribution in [0.3, 0.4) is 0 Å². The summed E-state index contributed by atoms with van der Waals surface area (Å²) in [7, 11) is 0. The van der Waals surface area contributed by atoms with Crippen molar-refractivity contribution in [1.29, 1.82) is 0 Å². The van der Waals surface area contributed by atoms with E-state index in [0.29, 0.717) is 21.9 Å². The smallest absolute Gasteiger partial charge is 0.277 e. The lowest BCUT2D eigenvalue weighted by Gasteiger charge is -2.22. The predicted octanol–water partition coefficient (Wildman–Crippen LogP) is 4.26. The molecule has 0 saturated carbocycles. The fourth-order valence-corrected chi connectivity index (χ4v) is 3.80. The molecule has 8 heteroatoms. The van der Waals surface area contributed by atoms with Crippen molar-refractivity contribution in [3.63, 3.8) is 0 Å². The van der Waals surface area contributed by atoms with Crippen LogP contribution >= 0.6 is 22.9 Å². The normalized spacial score (nSPS) is 15.1. The second-order valence-corrected chi connectivity index (χ2v) is 7.48. The van der Waals surface area contributed by atoms with Crippen LogP contribution in [0, 0.1) is 0 Å². The van der Waals surface area contributed by atoms with E-state index in [1.165, 1.54) is 11.3 Å². The number of aromatic nitrogens is 3. The van der Waals surface area contributed by atoms with Crippen molar-refractivity contribution in [2.24, 2.45) is 0 Å². The number of nitrogens with one attached hydrogen (secondary N) is 1. The van der Waals surface area contributed by atoms with Crippen LogP contribution in [0.4, 0.5) is 5.13 Å². The highest BCUT2D eigenvalue weighted by Gasteiger charge is 2.19. The summed E-state index contributed by atoms with van der Waals surface area (Å²) < 4.78 is 7.22. The molecule has 3 heterocycles. The fraction of sp³-hybridized carbons (Fsp3) is 0.278. The Kier molecular flexibility index (Phi) is 5.01. The van der Waals surface area contributed by atoms with E-state index in [2.05, 4.69) is 15.4 Å². The van der Waals surface area contributed by atoms with Crippen LogP contribution in [0.5, 0.6) is 0 Å². The molecule has 1 N–H and O–H groups in total. The Bertz CT molecular complexity index is 900. The number of ether oxygens (including phenoxy) is 1. The molecular weight excluding hydrogens is 372 g/mol. The molecule has 0 unspecified atom stereocenters. The molecule has 3 aromatic rings. The summed E-state index contributed by atoms with van der Waals surface area (Å²) >= 11 is 7.33. The number of rotatable bonds is 4. The van der Waals surface area contributed by atoms with Crippen molar-refractivity contribution < 1.29 is 9.53 Å². The first kappa shape index (κ1) is 17.2. The van der Waals surface area contributed by atoms with Gasteiger partial charge < -0.3 is 4.74 Å². The van der Waals surface area contributed by atoms with Gasteiger partial charge in [0.25, 0.3) is 5.91 Å². The molecule has 1 aliphatic rings. The van der Waals surface area contributed by atoms with Gasteiger partial charge in [-0.25, -0.2) is 4.98 Å². The van der Waals surface area contributed by atoms with Gasteiger partial charge in [0.1, 0.15) is 0 Å². The maximum atomic E-state index is 12.4. The monoisotopic (exact) mass is 388 g/mol. The molecule has 0 spiro atoms.